The summed E-state index contributed by atoms with van der Waals surface area (Å²) in [6.45, 7) is 8.95. The van der Waals surface area contributed by atoms with Crippen molar-refractivity contribution in [2.75, 3.05) is 52.7 Å². The molecule has 0 amide bonds. The maximum absolute atomic E-state index is 5.90. The number of hydrogen-bond donors (Lipinski definition) is 2. The Kier molecular flexibility index (Phi) is 11.7. The third-order valence-corrected chi connectivity index (χ3v) is 5.02. The summed E-state index contributed by atoms with van der Waals surface area (Å²) >= 11 is 0. The van der Waals surface area contributed by atoms with E-state index in [9.17, 15) is 0 Å². The largest absolute Gasteiger partial charge is 0.381 e. The van der Waals surface area contributed by atoms with Crippen molar-refractivity contribution in [3.63, 3.8) is 0 Å². The molecule has 152 valence electrons. The average Bonchev–Trinajstić information content (AvgIpc) is 3.18. The van der Waals surface area contributed by atoms with Crippen molar-refractivity contribution >= 4 is 5.96 Å². The van der Waals surface area contributed by atoms with Crippen LogP contribution in [-0.4, -0.2) is 64.7 Å². The van der Waals surface area contributed by atoms with Gasteiger partial charge in [0.1, 0.15) is 0 Å². The van der Waals surface area contributed by atoms with Gasteiger partial charge < -0.3 is 24.8 Å². The van der Waals surface area contributed by atoms with E-state index in [4.69, 9.17) is 14.2 Å². The lowest BCUT2D eigenvalue weighted by atomic mass is 10.0. The molecule has 1 heterocycles. The van der Waals surface area contributed by atoms with E-state index in [1.807, 2.05) is 0 Å². The Morgan fingerprint density at radius 1 is 1.04 bits per heavy atom. The van der Waals surface area contributed by atoms with Crippen LogP contribution in [0.1, 0.15) is 58.3 Å². The van der Waals surface area contributed by atoms with Crippen LogP contribution in [0.4, 0.5) is 0 Å². The Balaban J connectivity index is 1.46. The molecule has 2 N–H and O–H groups in total. The number of hydrogen-bond acceptors (Lipinski definition) is 4. The summed E-state index contributed by atoms with van der Waals surface area (Å²) in [5, 5.41) is 6.69. The molecule has 1 saturated carbocycles. The molecule has 1 saturated heterocycles. The number of aliphatic imine (C=N–C) groups is 1. The minimum atomic E-state index is 0.512. The zero-order chi connectivity index (χ0) is 18.3. The van der Waals surface area contributed by atoms with Crippen LogP contribution < -0.4 is 10.6 Å². The molecule has 2 aliphatic rings. The molecule has 1 aliphatic heterocycles. The van der Waals surface area contributed by atoms with E-state index in [2.05, 4.69) is 22.5 Å². The van der Waals surface area contributed by atoms with Gasteiger partial charge in [-0.25, -0.2) is 0 Å². The molecule has 0 bridgehead atoms. The van der Waals surface area contributed by atoms with Crippen LogP contribution >= 0.6 is 0 Å². The lowest BCUT2D eigenvalue weighted by Gasteiger charge is -2.21. The minimum Gasteiger partial charge on any atom is -0.381 e. The predicted octanol–water partition coefficient (Wildman–Crippen LogP) is 2.72. The summed E-state index contributed by atoms with van der Waals surface area (Å²) in [4.78, 5) is 4.63. The van der Waals surface area contributed by atoms with Crippen molar-refractivity contribution in [3.8, 4) is 0 Å². The highest BCUT2D eigenvalue weighted by molar-refractivity contribution is 5.79. The number of ether oxygens (including phenoxy) is 3. The van der Waals surface area contributed by atoms with Crippen molar-refractivity contribution in [2.45, 2.75) is 64.4 Å². The summed E-state index contributed by atoms with van der Waals surface area (Å²) in [6, 6.07) is 0. The molecule has 2 rings (SSSR count). The first-order valence-electron chi connectivity index (χ1n) is 10.7. The molecule has 1 aliphatic carbocycles. The van der Waals surface area contributed by atoms with E-state index in [-0.39, 0.29) is 0 Å². The van der Waals surface area contributed by atoms with Crippen LogP contribution in [-0.2, 0) is 14.2 Å². The minimum absolute atomic E-state index is 0.512. The standard InChI is InChI=1S/C20H39N3O3/c1-2-21-20(23-12-6-14-26-19-7-3-4-8-19)22-11-5-13-25-17-18-9-15-24-16-10-18/h18-19H,2-17H2,1H3,(H2,21,22,23). The molecule has 0 spiro atoms. The van der Waals surface area contributed by atoms with Gasteiger partial charge in [0, 0.05) is 52.7 Å². The van der Waals surface area contributed by atoms with Crippen LogP contribution in [0, 0.1) is 5.92 Å². The molecular formula is C20H39N3O3. The molecular weight excluding hydrogens is 330 g/mol. The molecule has 0 unspecified atom stereocenters. The maximum atomic E-state index is 5.90. The molecule has 6 nitrogen and oxygen atoms in total. The molecule has 6 heteroatoms. The zero-order valence-electron chi connectivity index (χ0n) is 16.6. The van der Waals surface area contributed by atoms with Crippen LogP contribution in [0.15, 0.2) is 4.99 Å². The maximum Gasteiger partial charge on any atom is 0.191 e. The van der Waals surface area contributed by atoms with Gasteiger partial charge in [-0.15, -0.1) is 0 Å². The first-order valence-corrected chi connectivity index (χ1v) is 10.7. The number of guanidine groups is 1. The third-order valence-electron chi connectivity index (χ3n) is 5.02. The Morgan fingerprint density at radius 2 is 1.85 bits per heavy atom. The van der Waals surface area contributed by atoms with E-state index in [0.717, 1.165) is 84.3 Å². The van der Waals surface area contributed by atoms with Crippen LogP contribution in [0.5, 0.6) is 0 Å². The van der Waals surface area contributed by atoms with E-state index in [1.54, 1.807) is 0 Å². The molecule has 0 aromatic carbocycles. The number of nitrogens with one attached hydrogen (secondary N) is 2. The van der Waals surface area contributed by atoms with Gasteiger partial charge in [-0.3, -0.25) is 4.99 Å². The second-order valence-electron chi connectivity index (χ2n) is 7.30. The first-order chi connectivity index (χ1) is 12.9. The van der Waals surface area contributed by atoms with Crippen molar-refractivity contribution in [1.29, 1.82) is 0 Å². The van der Waals surface area contributed by atoms with Crippen LogP contribution in [0.25, 0.3) is 0 Å². The zero-order valence-corrected chi connectivity index (χ0v) is 16.6. The third kappa shape index (κ3) is 9.74. The Bertz CT molecular complexity index is 367. The van der Waals surface area contributed by atoms with E-state index < -0.39 is 0 Å². The van der Waals surface area contributed by atoms with Gasteiger partial charge in [0.05, 0.1) is 6.10 Å². The monoisotopic (exact) mass is 369 g/mol. The van der Waals surface area contributed by atoms with Gasteiger partial charge in [0.15, 0.2) is 5.96 Å². The molecule has 26 heavy (non-hydrogen) atoms. The Labute approximate surface area is 159 Å². The predicted molar refractivity (Wildman–Crippen MR) is 106 cm³/mol. The Hall–Kier alpha value is -0.850. The van der Waals surface area contributed by atoms with Crippen molar-refractivity contribution in [3.05, 3.63) is 0 Å². The van der Waals surface area contributed by atoms with E-state index in [1.165, 1.54) is 25.7 Å². The highest BCUT2D eigenvalue weighted by atomic mass is 16.5. The molecule has 0 aromatic rings. The van der Waals surface area contributed by atoms with Crippen molar-refractivity contribution in [1.82, 2.24) is 10.6 Å². The highest BCUT2D eigenvalue weighted by Gasteiger charge is 2.14. The molecule has 2 fully saturated rings. The summed E-state index contributed by atoms with van der Waals surface area (Å²) in [6.07, 6.45) is 9.92. The smallest absolute Gasteiger partial charge is 0.191 e. The van der Waals surface area contributed by atoms with E-state index >= 15 is 0 Å². The topological polar surface area (TPSA) is 64.1 Å². The second-order valence-corrected chi connectivity index (χ2v) is 7.30. The fourth-order valence-corrected chi connectivity index (χ4v) is 3.45. The second kappa shape index (κ2) is 14.2. The van der Waals surface area contributed by atoms with Crippen molar-refractivity contribution in [2.24, 2.45) is 10.9 Å². The lowest BCUT2D eigenvalue weighted by Crippen LogP contribution is -2.38. The molecule has 0 atom stereocenters. The fraction of sp³-hybridized carbons (Fsp3) is 0.950. The molecule has 0 aromatic heterocycles. The quantitative estimate of drug-likeness (QED) is 0.315. The highest BCUT2D eigenvalue weighted by Crippen LogP contribution is 2.20. The van der Waals surface area contributed by atoms with Crippen LogP contribution in [0.3, 0.4) is 0 Å². The van der Waals surface area contributed by atoms with Crippen LogP contribution in [0.2, 0.25) is 0 Å². The van der Waals surface area contributed by atoms with E-state index in [0.29, 0.717) is 12.0 Å². The lowest BCUT2D eigenvalue weighted by molar-refractivity contribution is 0.0205. The van der Waals surface area contributed by atoms with Gasteiger partial charge >= 0.3 is 0 Å². The SMILES string of the molecule is CCNC(=NCCCOCC1CCOCC1)NCCCOC1CCCC1. The number of nitrogens with zero attached hydrogens (tertiary/aromatic N) is 1. The van der Waals surface area contributed by atoms with Gasteiger partial charge in [-0.2, -0.15) is 0 Å². The first kappa shape index (κ1) is 21.5. The van der Waals surface area contributed by atoms with Gasteiger partial charge in [0.25, 0.3) is 0 Å². The fourth-order valence-electron chi connectivity index (χ4n) is 3.45. The Morgan fingerprint density at radius 3 is 2.62 bits per heavy atom. The summed E-state index contributed by atoms with van der Waals surface area (Å²) in [5.74, 6) is 1.58. The normalized spacial score (nSPS) is 19.8. The summed E-state index contributed by atoms with van der Waals surface area (Å²) < 4.78 is 17.1. The summed E-state index contributed by atoms with van der Waals surface area (Å²) in [7, 11) is 0. The average molecular weight is 370 g/mol. The van der Waals surface area contributed by atoms with Crippen molar-refractivity contribution < 1.29 is 14.2 Å². The van der Waals surface area contributed by atoms with Gasteiger partial charge in [-0.05, 0) is 51.4 Å². The molecule has 0 radical (unpaired) electrons. The van der Waals surface area contributed by atoms with Gasteiger partial charge in [0.2, 0.25) is 0 Å². The van der Waals surface area contributed by atoms with Gasteiger partial charge in [-0.1, -0.05) is 12.8 Å². The number of rotatable bonds is 12. The summed E-state index contributed by atoms with van der Waals surface area (Å²) in [5.41, 5.74) is 0.